The molecule has 0 spiro atoms. The number of hydrogen-bond donors (Lipinski definition) is 2. The number of hydrogen-bond acceptors (Lipinski definition) is 7. The molecule has 1 fully saturated rings. The summed E-state index contributed by atoms with van der Waals surface area (Å²) in [6, 6.07) is 7.84. The van der Waals surface area contributed by atoms with Crippen molar-refractivity contribution < 1.29 is 4.39 Å². The highest BCUT2D eigenvalue weighted by molar-refractivity contribution is 7.13. The lowest BCUT2D eigenvalue weighted by Crippen LogP contribution is -2.29. The van der Waals surface area contributed by atoms with Crippen molar-refractivity contribution in [3.05, 3.63) is 65.8 Å². The van der Waals surface area contributed by atoms with Gasteiger partial charge in [0.2, 0.25) is 0 Å². The van der Waals surface area contributed by atoms with Crippen LogP contribution in [0, 0.1) is 5.82 Å². The molecule has 2 N–H and O–H groups in total. The second kappa shape index (κ2) is 9.13. The van der Waals surface area contributed by atoms with Crippen LogP contribution >= 0.6 is 11.3 Å². The zero-order chi connectivity index (χ0) is 24.8. The van der Waals surface area contributed by atoms with Crippen LogP contribution in [-0.4, -0.2) is 53.1 Å². The van der Waals surface area contributed by atoms with Crippen molar-refractivity contribution in [2.75, 3.05) is 13.1 Å². The SMILES string of the molecule is Fc1c(-c2cncc(CN3CCCCC3)c2)ncc2[nH]nc(-c3nc4c(-c5cccs5)nccc4[nH]3)c12. The number of halogens is 1. The summed E-state index contributed by atoms with van der Waals surface area (Å²) in [5.41, 5.74) is 5.19. The molecule has 10 heteroatoms. The number of nitrogens with one attached hydrogen (secondary N) is 2. The van der Waals surface area contributed by atoms with Crippen molar-refractivity contribution in [2.24, 2.45) is 0 Å². The fourth-order valence-electron chi connectivity index (χ4n) is 5.07. The first kappa shape index (κ1) is 22.2. The van der Waals surface area contributed by atoms with Crippen LogP contribution in [0.3, 0.4) is 0 Å². The Bertz CT molecular complexity index is 1720. The van der Waals surface area contributed by atoms with E-state index in [0.29, 0.717) is 28.0 Å². The number of rotatable bonds is 5. The second-order valence-corrected chi connectivity index (χ2v) is 10.3. The Hall–Kier alpha value is -4.02. The number of pyridine rings is 3. The number of fused-ring (bicyclic) bond motifs is 2. The minimum atomic E-state index is -0.449. The van der Waals surface area contributed by atoms with Crippen molar-refractivity contribution >= 4 is 33.3 Å². The molecule has 8 nitrogen and oxygen atoms in total. The Kier molecular flexibility index (Phi) is 5.48. The van der Waals surface area contributed by atoms with Gasteiger partial charge in [-0.15, -0.1) is 11.3 Å². The van der Waals surface area contributed by atoms with Crippen LogP contribution in [0.1, 0.15) is 24.8 Å². The third-order valence-corrected chi connectivity index (χ3v) is 7.72. The van der Waals surface area contributed by atoms with Gasteiger partial charge < -0.3 is 4.98 Å². The van der Waals surface area contributed by atoms with Crippen molar-refractivity contribution in [1.82, 2.24) is 40.0 Å². The number of aromatic amines is 2. The molecule has 6 aromatic heterocycles. The summed E-state index contributed by atoms with van der Waals surface area (Å²) in [6.45, 7) is 2.98. The Balaban J connectivity index is 1.30. The molecule has 0 saturated carbocycles. The van der Waals surface area contributed by atoms with E-state index in [1.54, 1.807) is 29.9 Å². The Morgan fingerprint density at radius 2 is 1.89 bits per heavy atom. The van der Waals surface area contributed by atoms with Gasteiger partial charge in [0.1, 0.15) is 22.6 Å². The highest BCUT2D eigenvalue weighted by Crippen LogP contribution is 2.34. The van der Waals surface area contributed by atoms with Crippen LogP contribution in [0.15, 0.2) is 54.4 Å². The highest BCUT2D eigenvalue weighted by Gasteiger charge is 2.22. The summed E-state index contributed by atoms with van der Waals surface area (Å²) in [5.74, 6) is 0.0234. The normalized spacial score (nSPS) is 14.6. The lowest BCUT2D eigenvalue weighted by Gasteiger charge is -2.26. The van der Waals surface area contributed by atoms with Gasteiger partial charge in [0.25, 0.3) is 0 Å². The van der Waals surface area contributed by atoms with Gasteiger partial charge in [-0.25, -0.2) is 9.37 Å². The first-order valence-corrected chi connectivity index (χ1v) is 13.2. The molecule has 7 heterocycles. The molecule has 1 aliphatic heterocycles. The molecule has 0 aromatic carbocycles. The summed E-state index contributed by atoms with van der Waals surface area (Å²) < 4.78 is 16.1. The lowest BCUT2D eigenvalue weighted by molar-refractivity contribution is 0.220. The van der Waals surface area contributed by atoms with E-state index in [0.717, 1.165) is 46.8 Å². The van der Waals surface area contributed by atoms with Gasteiger partial charge in [-0.05, 0) is 55.1 Å². The molecule has 6 aromatic rings. The van der Waals surface area contributed by atoms with E-state index in [1.807, 2.05) is 35.8 Å². The summed E-state index contributed by atoms with van der Waals surface area (Å²) >= 11 is 1.60. The molecule has 0 radical (unpaired) electrons. The molecule has 37 heavy (non-hydrogen) atoms. The molecule has 0 bridgehead atoms. The molecule has 0 unspecified atom stereocenters. The predicted molar refractivity (Wildman–Crippen MR) is 142 cm³/mol. The van der Waals surface area contributed by atoms with Crippen molar-refractivity contribution in [2.45, 2.75) is 25.8 Å². The molecule has 0 aliphatic carbocycles. The van der Waals surface area contributed by atoms with E-state index in [1.165, 1.54) is 19.3 Å². The Morgan fingerprint density at radius 3 is 2.76 bits per heavy atom. The number of thiophene rings is 1. The van der Waals surface area contributed by atoms with Gasteiger partial charge in [-0.1, -0.05) is 12.5 Å². The highest BCUT2D eigenvalue weighted by atomic mass is 32.1. The number of piperidine rings is 1. The monoisotopic (exact) mass is 510 g/mol. The van der Waals surface area contributed by atoms with Gasteiger partial charge in [0.15, 0.2) is 11.6 Å². The van der Waals surface area contributed by atoms with Gasteiger partial charge in [-0.3, -0.25) is 25.0 Å². The summed E-state index contributed by atoms with van der Waals surface area (Å²) in [5, 5.41) is 9.66. The van der Waals surface area contributed by atoms with Crippen molar-refractivity contribution in [3.8, 4) is 33.3 Å². The van der Waals surface area contributed by atoms with Crippen LogP contribution < -0.4 is 0 Å². The number of imidazole rings is 1. The quantitative estimate of drug-likeness (QED) is 0.304. The maximum absolute atomic E-state index is 16.1. The largest absolute Gasteiger partial charge is 0.336 e. The number of aromatic nitrogens is 7. The maximum Gasteiger partial charge on any atom is 0.161 e. The zero-order valence-corrected chi connectivity index (χ0v) is 20.7. The molecule has 184 valence electrons. The molecule has 0 atom stereocenters. The Morgan fingerprint density at radius 1 is 0.973 bits per heavy atom. The van der Waals surface area contributed by atoms with E-state index in [4.69, 9.17) is 4.98 Å². The minimum Gasteiger partial charge on any atom is -0.336 e. The topological polar surface area (TPSA) is 99.3 Å². The van der Waals surface area contributed by atoms with E-state index < -0.39 is 5.82 Å². The van der Waals surface area contributed by atoms with E-state index >= 15 is 4.39 Å². The molecule has 1 aliphatic rings. The minimum absolute atomic E-state index is 0.250. The number of H-pyrrole nitrogens is 2. The fourth-order valence-corrected chi connectivity index (χ4v) is 5.79. The maximum atomic E-state index is 16.1. The van der Waals surface area contributed by atoms with Gasteiger partial charge >= 0.3 is 0 Å². The summed E-state index contributed by atoms with van der Waals surface area (Å²) in [7, 11) is 0. The standard InChI is InChI=1S/C27H23FN8S/c28-22-21-19(14-31-23(22)17-11-16(12-29-13-17)15-36-8-2-1-3-9-36)34-35-26(21)27-32-18-6-7-30-25(24(18)33-27)20-5-4-10-37-20/h4-7,10-14H,1-3,8-9,15H2,(H,32,33)(H,34,35). The third kappa shape index (κ3) is 3.98. The summed E-state index contributed by atoms with van der Waals surface area (Å²) in [4.78, 5) is 24.9. The van der Waals surface area contributed by atoms with Crippen LogP contribution in [0.4, 0.5) is 4.39 Å². The van der Waals surface area contributed by atoms with Crippen LogP contribution in [0.2, 0.25) is 0 Å². The average Bonchev–Trinajstić information content (AvgIpc) is 3.69. The Labute approximate surface area is 215 Å². The molecule has 7 rings (SSSR count). The fraction of sp³-hybridized carbons (Fsp3) is 0.222. The molecule has 1 saturated heterocycles. The first-order valence-electron chi connectivity index (χ1n) is 12.3. The van der Waals surface area contributed by atoms with Crippen molar-refractivity contribution in [3.63, 3.8) is 0 Å². The van der Waals surface area contributed by atoms with Gasteiger partial charge in [-0.2, -0.15) is 5.10 Å². The second-order valence-electron chi connectivity index (χ2n) is 9.32. The van der Waals surface area contributed by atoms with E-state index in [9.17, 15) is 0 Å². The average molecular weight is 511 g/mol. The van der Waals surface area contributed by atoms with Gasteiger partial charge in [0.05, 0.1) is 27.5 Å². The number of likely N-dealkylation sites (tertiary alicyclic amines) is 1. The summed E-state index contributed by atoms with van der Waals surface area (Å²) in [6.07, 6.45) is 10.6. The van der Waals surface area contributed by atoms with E-state index in [2.05, 4.69) is 35.0 Å². The molecular formula is C27H23FN8S. The zero-order valence-electron chi connectivity index (χ0n) is 19.9. The molecule has 0 amide bonds. The van der Waals surface area contributed by atoms with Crippen LogP contribution in [0.5, 0.6) is 0 Å². The lowest BCUT2D eigenvalue weighted by atomic mass is 10.1. The van der Waals surface area contributed by atoms with E-state index in [-0.39, 0.29) is 5.69 Å². The smallest absolute Gasteiger partial charge is 0.161 e. The van der Waals surface area contributed by atoms with Crippen LogP contribution in [0.25, 0.3) is 55.3 Å². The van der Waals surface area contributed by atoms with Crippen LogP contribution in [-0.2, 0) is 6.54 Å². The number of nitrogens with zero attached hydrogens (tertiary/aromatic N) is 6. The van der Waals surface area contributed by atoms with Crippen molar-refractivity contribution in [1.29, 1.82) is 0 Å². The van der Waals surface area contributed by atoms with Gasteiger partial charge in [0, 0.05) is 30.7 Å². The first-order chi connectivity index (χ1) is 18.2. The third-order valence-electron chi connectivity index (χ3n) is 6.85. The molecular weight excluding hydrogens is 487 g/mol. The predicted octanol–water partition coefficient (Wildman–Crippen LogP) is 5.81.